The van der Waals surface area contributed by atoms with E-state index >= 15 is 0 Å². The van der Waals surface area contributed by atoms with Crippen LogP contribution in [0.5, 0.6) is 23.0 Å². The summed E-state index contributed by atoms with van der Waals surface area (Å²) in [4.78, 5) is 39.3. The number of aromatic amines is 1. The summed E-state index contributed by atoms with van der Waals surface area (Å²) < 4.78 is 58.4. The number of ether oxygens (including phenoxy) is 4. The fraction of sp³-hybridized carbons (Fsp3) is 0.227. The SMILES string of the molecule is COc1cc2nc(Nc3nc4cccc(OC(=O)C(F)(F)F)c4c(=O)[nH]3)nc(C)c2c(OC)c1OC. The van der Waals surface area contributed by atoms with Crippen molar-refractivity contribution in [1.29, 1.82) is 0 Å². The molecule has 4 aromatic rings. The molecule has 0 fully saturated rings. The standard InChI is InChI=1S/C22H18F3N5O6/c1-9-14-11(8-13(33-2)16(34-3)17(14)35-4)28-20(26-9)30-21-27-10-6-5-7-12(15(10)18(31)29-21)36-19(32)22(23,24)25/h5-8H,1-4H3,(H2,26,27,28,29,30,31). The van der Waals surface area contributed by atoms with E-state index in [1.165, 1.54) is 33.5 Å². The van der Waals surface area contributed by atoms with E-state index in [9.17, 15) is 22.8 Å². The molecule has 188 valence electrons. The first-order valence-corrected chi connectivity index (χ1v) is 10.1. The number of anilines is 2. The van der Waals surface area contributed by atoms with E-state index < -0.39 is 23.5 Å². The molecule has 2 aromatic carbocycles. The van der Waals surface area contributed by atoms with Gasteiger partial charge in [0, 0.05) is 6.07 Å². The van der Waals surface area contributed by atoms with Crippen LogP contribution in [0.1, 0.15) is 5.69 Å². The van der Waals surface area contributed by atoms with Gasteiger partial charge in [-0.15, -0.1) is 0 Å². The van der Waals surface area contributed by atoms with Crippen LogP contribution >= 0.6 is 0 Å². The lowest BCUT2D eigenvalue weighted by Gasteiger charge is -2.16. The summed E-state index contributed by atoms with van der Waals surface area (Å²) in [5, 5.41) is 3.00. The smallest absolute Gasteiger partial charge is 0.491 e. The van der Waals surface area contributed by atoms with Gasteiger partial charge in [0.1, 0.15) is 11.1 Å². The van der Waals surface area contributed by atoms with E-state index in [1.54, 1.807) is 13.0 Å². The molecule has 0 saturated heterocycles. The zero-order chi connectivity index (χ0) is 26.2. The molecule has 2 N–H and O–H groups in total. The number of rotatable bonds is 6. The quantitative estimate of drug-likeness (QED) is 0.296. The topological polar surface area (TPSA) is 138 Å². The molecule has 0 radical (unpaired) electrons. The third-order valence-corrected chi connectivity index (χ3v) is 5.03. The third-order valence-electron chi connectivity index (χ3n) is 5.03. The zero-order valence-corrected chi connectivity index (χ0v) is 19.2. The number of methoxy groups -OCH3 is 3. The first-order chi connectivity index (χ1) is 17.1. The molecule has 0 bridgehead atoms. The molecule has 36 heavy (non-hydrogen) atoms. The molecule has 14 heteroatoms. The lowest BCUT2D eigenvalue weighted by Crippen LogP contribution is -2.28. The highest BCUT2D eigenvalue weighted by Gasteiger charge is 2.41. The molecule has 0 aliphatic carbocycles. The molecule has 4 rings (SSSR count). The molecule has 2 heterocycles. The van der Waals surface area contributed by atoms with Crippen molar-refractivity contribution in [2.45, 2.75) is 13.1 Å². The first-order valence-electron chi connectivity index (χ1n) is 10.1. The number of aryl methyl sites for hydroxylation is 1. The van der Waals surface area contributed by atoms with Crippen molar-refractivity contribution in [2.24, 2.45) is 0 Å². The lowest BCUT2D eigenvalue weighted by molar-refractivity contribution is -0.189. The van der Waals surface area contributed by atoms with Gasteiger partial charge in [-0.05, 0) is 19.1 Å². The largest absolute Gasteiger partial charge is 0.493 e. The van der Waals surface area contributed by atoms with Gasteiger partial charge in [-0.25, -0.2) is 19.7 Å². The minimum Gasteiger partial charge on any atom is -0.493 e. The van der Waals surface area contributed by atoms with E-state index in [-0.39, 0.29) is 22.8 Å². The van der Waals surface area contributed by atoms with Crippen molar-refractivity contribution in [2.75, 3.05) is 26.6 Å². The molecule has 0 aliphatic rings. The summed E-state index contributed by atoms with van der Waals surface area (Å²) in [6, 6.07) is 5.34. The van der Waals surface area contributed by atoms with E-state index in [1.807, 2.05) is 0 Å². The third kappa shape index (κ3) is 4.39. The highest BCUT2D eigenvalue weighted by Crippen LogP contribution is 2.43. The van der Waals surface area contributed by atoms with Crippen molar-refractivity contribution in [1.82, 2.24) is 19.9 Å². The number of hydrogen-bond acceptors (Lipinski definition) is 10. The fourth-order valence-electron chi connectivity index (χ4n) is 3.56. The van der Waals surface area contributed by atoms with Crippen molar-refractivity contribution in [3.63, 3.8) is 0 Å². The Morgan fingerprint density at radius 2 is 1.67 bits per heavy atom. The average Bonchev–Trinajstić information content (AvgIpc) is 2.81. The van der Waals surface area contributed by atoms with Gasteiger partial charge in [0.25, 0.3) is 5.56 Å². The number of hydrogen-bond donors (Lipinski definition) is 2. The van der Waals surface area contributed by atoms with Crippen LogP contribution in [0.3, 0.4) is 0 Å². The number of carbonyl (C=O) groups excluding carboxylic acids is 1. The fourth-order valence-corrected chi connectivity index (χ4v) is 3.56. The molecule has 0 amide bonds. The maximum atomic E-state index is 12.7. The van der Waals surface area contributed by atoms with Crippen LogP contribution in [0.4, 0.5) is 25.1 Å². The van der Waals surface area contributed by atoms with Crippen LogP contribution < -0.4 is 29.8 Å². The Bertz CT molecular complexity index is 1550. The van der Waals surface area contributed by atoms with Gasteiger partial charge in [-0.1, -0.05) is 6.07 Å². The van der Waals surface area contributed by atoms with Gasteiger partial charge in [0.2, 0.25) is 17.6 Å². The van der Waals surface area contributed by atoms with Gasteiger partial charge in [0.05, 0.1) is 43.4 Å². The number of benzene rings is 2. The summed E-state index contributed by atoms with van der Waals surface area (Å²) in [7, 11) is 4.39. The number of nitrogens with one attached hydrogen (secondary N) is 2. The Kier molecular flexibility index (Phi) is 6.26. The minimum atomic E-state index is -5.23. The Morgan fingerprint density at radius 1 is 0.944 bits per heavy atom. The summed E-state index contributed by atoms with van der Waals surface area (Å²) in [5.41, 5.74) is 0.0618. The molecule has 0 unspecified atom stereocenters. The van der Waals surface area contributed by atoms with Gasteiger partial charge in [-0.3, -0.25) is 15.1 Å². The molecular formula is C22H18F3N5O6. The predicted octanol–water partition coefficient (Wildman–Crippen LogP) is 3.41. The Labute approximate surface area is 200 Å². The maximum absolute atomic E-state index is 12.7. The van der Waals surface area contributed by atoms with E-state index in [4.69, 9.17) is 14.2 Å². The Hall–Kier alpha value is -4.62. The monoisotopic (exact) mass is 505 g/mol. The summed E-state index contributed by atoms with van der Waals surface area (Å²) >= 11 is 0. The van der Waals surface area contributed by atoms with E-state index in [0.29, 0.717) is 33.8 Å². The average molecular weight is 505 g/mol. The summed E-state index contributed by atoms with van der Waals surface area (Å²) in [6.45, 7) is 1.71. The molecule has 0 spiro atoms. The normalized spacial score (nSPS) is 11.4. The number of fused-ring (bicyclic) bond motifs is 2. The number of H-pyrrole nitrogens is 1. The summed E-state index contributed by atoms with van der Waals surface area (Å²) in [6.07, 6.45) is -5.23. The first kappa shape index (κ1) is 24.5. The van der Waals surface area contributed by atoms with Crippen LogP contribution in [-0.4, -0.2) is 53.4 Å². The van der Waals surface area contributed by atoms with Gasteiger partial charge < -0.3 is 18.9 Å². The van der Waals surface area contributed by atoms with Crippen molar-refractivity contribution in [3.8, 4) is 23.0 Å². The number of aromatic nitrogens is 4. The minimum absolute atomic E-state index is 0.0284. The van der Waals surface area contributed by atoms with Crippen LogP contribution in [0, 0.1) is 6.92 Å². The molecule has 11 nitrogen and oxygen atoms in total. The Balaban J connectivity index is 1.76. The molecule has 2 aromatic heterocycles. The number of alkyl halides is 3. The number of esters is 1. The predicted molar refractivity (Wildman–Crippen MR) is 121 cm³/mol. The second-order valence-electron chi connectivity index (χ2n) is 7.25. The molecule has 0 aliphatic heterocycles. The number of halogens is 3. The van der Waals surface area contributed by atoms with E-state index in [2.05, 4.69) is 30.0 Å². The lowest BCUT2D eigenvalue weighted by atomic mass is 10.1. The Morgan fingerprint density at radius 3 is 2.31 bits per heavy atom. The number of carbonyl (C=O) groups is 1. The van der Waals surface area contributed by atoms with Gasteiger partial charge >= 0.3 is 12.1 Å². The maximum Gasteiger partial charge on any atom is 0.491 e. The number of nitrogens with zero attached hydrogens (tertiary/aromatic N) is 3. The van der Waals surface area contributed by atoms with Gasteiger partial charge in [-0.2, -0.15) is 13.2 Å². The highest BCUT2D eigenvalue weighted by atomic mass is 19.4. The van der Waals surface area contributed by atoms with Crippen LogP contribution in [0.2, 0.25) is 0 Å². The van der Waals surface area contributed by atoms with Gasteiger partial charge in [0.15, 0.2) is 11.5 Å². The van der Waals surface area contributed by atoms with Crippen molar-refractivity contribution < 1.29 is 36.9 Å². The molecule has 0 saturated carbocycles. The zero-order valence-electron chi connectivity index (χ0n) is 19.2. The molecule has 0 atom stereocenters. The highest BCUT2D eigenvalue weighted by molar-refractivity contribution is 5.93. The second-order valence-corrected chi connectivity index (χ2v) is 7.25. The second kappa shape index (κ2) is 9.20. The van der Waals surface area contributed by atoms with Crippen LogP contribution in [-0.2, 0) is 4.79 Å². The van der Waals surface area contributed by atoms with E-state index in [0.717, 1.165) is 6.07 Å². The van der Waals surface area contributed by atoms with Crippen molar-refractivity contribution >= 4 is 39.7 Å². The van der Waals surface area contributed by atoms with Crippen molar-refractivity contribution in [3.05, 3.63) is 40.3 Å². The van der Waals surface area contributed by atoms with Crippen LogP contribution in [0.25, 0.3) is 21.8 Å². The summed E-state index contributed by atoms with van der Waals surface area (Å²) in [5.74, 6) is -1.99. The van der Waals surface area contributed by atoms with Crippen LogP contribution in [0.15, 0.2) is 29.1 Å². The molecular weight excluding hydrogens is 487 g/mol.